The molecule has 8 heteroatoms. The van der Waals surface area contributed by atoms with Gasteiger partial charge >= 0.3 is 0 Å². The molecule has 0 saturated carbocycles. The molecule has 1 heterocycles. The van der Waals surface area contributed by atoms with E-state index < -0.39 is 5.79 Å². The molecule has 0 aromatic heterocycles. The van der Waals surface area contributed by atoms with Gasteiger partial charge in [0.05, 0.1) is 13.2 Å². The molecule has 0 amide bonds. The molecule has 31 heavy (non-hydrogen) atoms. The van der Waals surface area contributed by atoms with Gasteiger partial charge < -0.3 is 24.9 Å². The Labute approximate surface area is 199 Å². The summed E-state index contributed by atoms with van der Waals surface area (Å²) < 4.78 is 12.6. The van der Waals surface area contributed by atoms with E-state index in [4.69, 9.17) is 20.2 Å². The van der Waals surface area contributed by atoms with Gasteiger partial charge in [-0.25, -0.2) is 4.99 Å². The molecule has 2 rings (SSSR count). The van der Waals surface area contributed by atoms with Crippen LogP contribution in [-0.2, 0) is 14.3 Å². The maximum atomic E-state index is 9.17. The van der Waals surface area contributed by atoms with Crippen molar-refractivity contribution in [1.82, 2.24) is 4.90 Å². The number of rotatable bonds is 8. The normalized spacial score (nSPS) is 17.2. The zero-order valence-electron chi connectivity index (χ0n) is 19.0. The molecule has 0 bridgehead atoms. The van der Waals surface area contributed by atoms with Crippen LogP contribution < -0.4 is 5.73 Å². The van der Waals surface area contributed by atoms with Crippen molar-refractivity contribution in [2.45, 2.75) is 38.5 Å². The molecule has 1 aromatic rings. The van der Waals surface area contributed by atoms with Crippen LogP contribution in [0.15, 0.2) is 56.9 Å². The van der Waals surface area contributed by atoms with Crippen molar-refractivity contribution in [1.29, 1.82) is 0 Å². The third-order valence-electron chi connectivity index (χ3n) is 4.42. The number of aliphatic imine (C=N–C) groups is 1. The Morgan fingerprint density at radius 3 is 2.48 bits per heavy atom. The highest BCUT2D eigenvalue weighted by Gasteiger charge is 2.32. The Morgan fingerprint density at radius 1 is 1.35 bits per heavy atom. The first kappa shape index (κ1) is 27.4. The van der Waals surface area contributed by atoms with E-state index >= 15 is 0 Å². The first-order chi connectivity index (χ1) is 14.8. The van der Waals surface area contributed by atoms with Crippen LogP contribution in [0.2, 0.25) is 0 Å². The number of hydrogen-bond donors (Lipinski definition) is 1. The van der Waals surface area contributed by atoms with Crippen LogP contribution in [-0.4, -0.2) is 56.5 Å². The van der Waals surface area contributed by atoms with E-state index in [0.717, 1.165) is 28.3 Å². The van der Waals surface area contributed by atoms with Gasteiger partial charge in [-0.2, -0.15) is 0 Å². The largest absolute Gasteiger partial charge is 0.370 e. The number of halogens is 1. The molecule has 1 saturated heterocycles. The molecule has 1 fully saturated rings. The second-order valence-electron chi connectivity index (χ2n) is 6.96. The third-order valence-corrected chi connectivity index (χ3v) is 5.42. The zero-order chi connectivity index (χ0) is 23.3. The molecule has 1 atom stereocenters. The summed E-state index contributed by atoms with van der Waals surface area (Å²) in [7, 11) is 3.77. The predicted octanol–water partition coefficient (Wildman–Crippen LogP) is 4.92. The molecule has 1 aromatic carbocycles. The Hall–Kier alpha value is -1.61. The summed E-state index contributed by atoms with van der Waals surface area (Å²) in [5, 5.41) is 2.09. The third kappa shape index (κ3) is 9.19. The highest BCUT2D eigenvalue weighted by Crippen LogP contribution is 2.32. The number of thioether (sulfide) groups is 1. The van der Waals surface area contributed by atoms with Crippen LogP contribution in [0.1, 0.15) is 38.3 Å². The van der Waals surface area contributed by atoms with Crippen LogP contribution in [0.25, 0.3) is 0 Å². The number of carbonyl (C=O) groups is 1. The average molecular weight is 513 g/mol. The number of carbonyl (C=O) groups excluding carboxylic acids is 1. The van der Waals surface area contributed by atoms with Crippen molar-refractivity contribution in [3.63, 3.8) is 0 Å². The second kappa shape index (κ2) is 14.5. The van der Waals surface area contributed by atoms with Crippen molar-refractivity contribution in [3.8, 4) is 0 Å². The van der Waals surface area contributed by atoms with Crippen LogP contribution in [0.5, 0.6) is 0 Å². The Morgan fingerprint density at radius 2 is 2.00 bits per heavy atom. The van der Waals surface area contributed by atoms with E-state index in [9.17, 15) is 4.79 Å². The first-order valence-electron chi connectivity index (χ1n) is 10.2. The number of nitrogens with zero attached hydrogens (tertiary/aromatic N) is 2. The fourth-order valence-corrected chi connectivity index (χ4v) is 3.61. The van der Waals surface area contributed by atoms with E-state index in [2.05, 4.69) is 40.4 Å². The van der Waals surface area contributed by atoms with Gasteiger partial charge in [0.15, 0.2) is 11.7 Å². The summed E-state index contributed by atoms with van der Waals surface area (Å²) in [6.45, 7) is 5.09. The molecule has 2 N–H and O–H groups in total. The monoisotopic (exact) mass is 511 g/mol. The number of nitrogens with two attached hydrogens (primary N) is 1. The number of aldehydes is 1. The van der Waals surface area contributed by atoms with Gasteiger partial charge in [0.25, 0.3) is 0 Å². The molecule has 0 aliphatic carbocycles. The average Bonchev–Trinajstić information content (AvgIpc) is 3.24. The van der Waals surface area contributed by atoms with E-state index in [1.165, 1.54) is 0 Å². The lowest BCUT2D eigenvalue weighted by molar-refractivity contribution is -0.117. The van der Waals surface area contributed by atoms with Gasteiger partial charge in [0.1, 0.15) is 12.3 Å². The molecule has 6 nitrogen and oxygen atoms in total. The van der Waals surface area contributed by atoms with Crippen molar-refractivity contribution in [2.75, 3.05) is 33.6 Å². The van der Waals surface area contributed by atoms with Crippen LogP contribution >= 0.6 is 27.7 Å². The molecule has 0 radical (unpaired) electrons. The lowest BCUT2D eigenvalue weighted by Gasteiger charge is -2.23. The molecule has 1 aliphatic rings. The maximum Gasteiger partial charge on any atom is 0.191 e. The molecular formula is C23H34BrN3O3S. The van der Waals surface area contributed by atoms with Gasteiger partial charge in [-0.1, -0.05) is 48.0 Å². The quantitative estimate of drug-likeness (QED) is 0.231. The van der Waals surface area contributed by atoms with Gasteiger partial charge in [-0.3, -0.25) is 0 Å². The smallest absolute Gasteiger partial charge is 0.191 e. The lowest BCUT2D eigenvalue weighted by atomic mass is 9.99. The SMILES string of the molecule is CCC1(/C=C/C(=C\SC)C(N=C(N)N(C)C)c2cccc(Br)c2)OCCO1.CCC=O. The Balaban J connectivity index is 0.00000110. The number of hydrogen-bond acceptors (Lipinski definition) is 5. The van der Waals surface area contributed by atoms with E-state index in [1.54, 1.807) is 11.8 Å². The fraction of sp³-hybridized carbons (Fsp3) is 0.478. The van der Waals surface area contributed by atoms with Crippen molar-refractivity contribution in [3.05, 3.63) is 57.4 Å². The molecule has 172 valence electrons. The number of ether oxygens (including phenoxy) is 2. The fourth-order valence-electron chi connectivity index (χ4n) is 2.71. The Kier molecular flexibility index (Phi) is 12.8. The maximum absolute atomic E-state index is 9.17. The number of guanidine groups is 1. The highest BCUT2D eigenvalue weighted by atomic mass is 79.9. The molecular weight excluding hydrogens is 478 g/mol. The van der Waals surface area contributed by atoms with Crippen LogP contribution in [0.4, 0.5) is 0 Å². The van der Waals surface area contributed by atoms with Gasteiger partial charge in [-0.15, -0.1) is 11.8 Å². The van der Waals surface area contributed by atoms with Crippen LogP contribution in [0, 0.1) is 0 Å². The van der Waals surface area contributed by atoms with Crippen molar-refractivity contribution >= 4 is 39.9 Å². The van der Waals surface area contributed by atoms with Gasteiger partial charge in [0.2, 0.25) is 0 Å². The topological polar surface area (TPSA) is 77.2 Å². The minimum Gasteiger partial charge on any atom is -0.370 e. The lowest BCUT2D eigenvalue weighted by Crippen LogP contribution is -2.31. The van der Waals surface area contributed by atoms with Gasteiger partial charge in [-0.05, 0) is 41.0 Å². The molecule has 1 aliphatic heterocycles. The molecule has 0 spiro atoms. The standard InChI is InChI=1S/C20H28BrN3O2S.C3H6O/c1-5-20(25-11-12-26-20)10-9-16(14-27-4)18(23-19(22)24(2)3)15-7-6-8-17(21)13-15;1-2-3-4/h6-10,13-14,18H,5,11-12H2,1-4H3,(H2,22,23);3H,2H2,1H3/b10-9+,16-14+;. The summed E-state index contributed by atoms with van der Waals surface area (Å²) in [5.41, 5.74) is 8.23. The summed E-state index contributed by atoms with van der Waals surface area (Å²) in [5.74, 6) is -0.185. The minimum atomic E-state index is -0.657. The predicted molar refractivity (Wildman–Crippen MR) is 134 cm³/mol. The van der Waals surface area contributed by atoms with Gasteiger partial charge in [0, 0.05) is 31.4 Å². The van der Waals surface area contributed by atoms with E-state index in [0.29, 0.717) is 25.6 Å². The minimum absolute atomic E-state index is 0.232. The summed E-state index contributed by atoms with van der Waals surface area (Å²) in [6, 6.07) is 7.90. The zero-order valence-corrected chi connectivity index (χ0v) is 21.4. The van der Waals surface area contributed by atoms with Crippen molar-refractivity contribution in [2.24, 2.45) is 10.7 Å². The Bertz CT molecular complexity index is 775. The van der Waals surface area contributed by atoms with Crippen molar-refractivity contribution < 1.29 is 14.3 Å². The second-order valence-corrected chi connectivity index (χ2v) is 8.59. The van der Waals surface area contributed by atoms with E-state index in [-0.39, 0.29) is 6.04 Å². The first-order valence-corrected chi connectivity index (χ1v) is 12.3. The van der Waals surface area contributed by atoms with Crippen LogP contribution in [0.3, 0.4) is 0 Å². The summed E-state index contributed by atoms with van der Waals surface area (Å²) in [4.78, 5) is 15.8. The molecule has 1 unspecified atom stereocenters. The van der Waals surface area contributed by atoms with E-state index in [1.807, 2.05) is 56.5 Å². The summed E-state index contributed by atoms with van der Waals surface area (Å²) in [6.07, 6.45) is 8.33. The number of benzene rings is 1. The summed E-state index contributed by atoms with van der Waals surface area (Å²) >= 11 is 5.18. The highest BCUT2D eigenvalue weighted by molar-refractivity contribution is 9.10.